The van der Waals surface area contributed by atoms with Gasteiger partial charge in [-0.25, -0.2) is 9.48 Å². The first kappa shape index (κ1) is 15.4. The van der Waals surface area contributed by atoms with Crippen molar-refractivity contribution in [3.63, 3.8) is 0 Å². The van der Waals surface area contributed by atoms with Gasteiger partial charge in [0.15, 0.2) is 0 Å². The summed E-state index contributed by atoms with van der Waals surface area (Å²) in [5.41, 5.74) is 0.885. The van der Waals surface area contributed by atoms with Gasteiger partial charge < -0.3 is 5.32 Å². The number of nitrogens with one attached hydrogen (secondary N) is 2. The first-order valence-corrected chi connectivity index (χ1v) is 7.84. The zero-order valence-electron chi connectivity index (χ0n) is 12.5. The van der Waals surface area contributed by atoms with Gasteiger partial charge in [0, 0.05) is 12.6 Å². The third-order valence-electron chi connectivity index (χ3n) is 2.79. The van der Waals surface area contributed by atoms with Crippen molar-refractivity contribution in [1.29, 1.82) is 0 Å². The molecule has 0 spiro atoms. The Balaban J connectivity index is 1.89. The minimum Gasteiger partial charge on any atom is -0.331 e. The first-order valence-electron chi connectivity index (χ1n) is 7.03. The van der Waals surface area contributed by atoms with Crippen molar-refractivity contribution in [3.05, 3.63) is 21.8 Å². The highest BCUT2D eigenvalue weighted by Crippen LogP contribution is 2.12. The molecule has 0 aliphatic rings. The first-order chi connectivity index (χ1) is 10.1. The van der Waals surface area contributed by atoms with E-state index in [0.717, 1.165) is 35.1 Å². The van der Waals surface area contributed by atoms with Gasteiger partial charge >= 0.3 is 6.03 Å². The number of urea groups is 1. The van der Waals surface area contributed by atoms with E-state index in [9.17, 15) is 4.79 Å². The predicted octanol–water partition coefficient (Wildman–Crippen LogP) is 2.34. The Hall–Kier alpha value is -1.96. The number of hydrogen-bond donors (Lipinski definition) is 2. The second-order valence-corrected chi connectivity index (χ2v) is 5.79. The molecule has 0 fully saturated rings. The molecule has 0 saturated heterocycles. The lowest BCUT2D eigenvalue weighted by molar-refractivity contribution is 0.251. The second-order valence-electron chi connectivity index (χ2n) is 4.64. The van der Waals surface area contributed by atoms with Crippen LogP contribution < -0.4 is 10.6 Å². The Kier molecular flexibility index (Phi) is 5.26. The molecule has 0 saturated carbocycles. The summed E-state index contributed by atoms with van der Waals surface area (Å²) in [5, 5.41) is 19.8. The molecule has 2 N–H and O–H groups in total. The zero-order valence-corrected chi connectivity index (χ0v) is 13.3. The van der Waals surface area contributed by atoms with Gasteiger partial charge in [0.1, 0.15) is 15.8 Å². The lowest BCUT2D eigenvalue weighted by Gasteiger charge is -2.08. The molecule has 2 rings (SSSR count). The van der Waals surface area contributed by atoms with Gasteiger partial charge in [-0.15, -0.1) is 10.2 Å². The molecule has 0 radical (unpaired) electrons. The maximum absolute atomic E-state index is 11.9. The number of amides is 2. The highest BCUT2D eigenvalue weighted by molar-refractivity contribution is 7.11. The fraction of sp³-hybridized carbons (Fsp3) is 0.538. The third kappa shape index (κ3) is 4.25. The summed E-state index contributed by atoms with van der Waals surface area (Å²) in [4.78, 5) is 11.9. The Morgan fingerprint density at radius 3 is 2.76 bits per heavy atom. The van der Waals surface area contributed by atoms with Crippen LogP contribution in [0, 0.1) is 6.92 Å². The van der Waals surface area contributed by atoms with Crippen molar-refractivity contribution in [3.8, 4) is 0 Å². The molecule has 2 aromatic heterocycles. The van der Waals surface area contributed by atoms with E-state index in [0.29, 0.717) is 12.4 Å². The fourth-order valence-electron chi connectivity index (χ4n) is 1.85. The van der Waals surface area contributed by atoms with Gasteiger partial charge in [0.2, 0.25) is 0 Å². The number of carbonyl (C=O) groups excluding carboxylic acids is 1. The van der Waals surface area contributed by atoms with E-state index in [1.165, 1.54) is 11.3 Å². The average molecular weight is 308 g/mol. The molecule has 21 heavy (non-hydrogen) atoms. The molecule has 0 aliphatic heterocycles. The summed E-state index contributed by atoms with van der Waals surface area (Å²) in [5.74, 6) is 0.707. The summed E-state index contributed by atoms with van der Waals surface area (Å²) < 4.78 is 1.80. The fourth-order valence-corrected chi connectivity index (χ4v) is 2.57. The van der Waals surface area contributed by atoms with Crippen molar-refractivity contribution in [2.75, 3.05) is 5.32 Å². The van der Waals surface area contributed by atoms with Crippen molar-refractivity contribution < 1.29 is 4.79 Å². The predicted molar refractivity (Wildman–Crippen MR) is 82.4 cm³/mol. The van der Waals surface area contributed by atoms with Crippen molar-refractivity contribution in [2.24, 2.45) is 0 Å². The monoisotopic (exact) mass is 308 g/mol. The van der Waals surface area contributed by atoms with Crippen LogP contribution in [0.3, 0.4) is 0 Å². The molecule has 2 heterocycles. The average Bonchev–Trinajstić information content (AvgIpc) is 3.04. The number of rotatable bonds is 6. The van der Waals surface area contributed by atoms with Gasteiger partial charge in [-0.1, -0.05) is 25.2 Å². The summed E-state index contributed by atoms with van der Waals surface area (Å²) in [7, 11) is 0. The highest BCUT2D eigenvalue weighted by atomic mass is 32.1. The van der Waals surface area contributed by atoms with Crippen molar-refractivity contribution in [1.82, 2.24) is 25.3 Å². The molecule has 0 bridgehead atoms. The SMILES string of the molecule is CCCn1nc(C)cc1NC(=O)NCc1nnc(CC)s1. The minimum absolute atomic E-state index is 0.263. The van der Waals surface area contributed by atoms with Crippen LogP contribution in [0.4, 0.5) is 10.6 Å². The van der Waals surface area contributed by atoms with Crippen LogP contribution in [-0.4, -0.2) is 26.0 Å². The summed E-state index contributed by atoms with van der Waals surface area (Å²) >= 11 is 1.51. The van der Waals surface area contributed by atoms with E-state index in [2.05, 4.69) is 32.9 Å². The van der Waals surface area contributed by atoms with Gasteiger partial charge in [0.25, 0.3) is 0 Å². The Morgan fingerprint density at radius 2 is 2.10 bits per heavy atom. The van der Waals surface area contributed by atoms with E-state index >= 15 is 0 Å². The van der Waals surface area contributed by atoms with Crippen LogP contribution in [0.1, 0.15) is 36.0 Å². The van der Waals surface area contributed by atoms with Crippen LogP contribution in [0.25, 0.3) is 0 Å². The van der Waals surface area contributed by atoms with Crippen LogP contribution in [0.2, 0.25) is 0 Å². The largest absolute Gasteiger partial charge is 0.331 e. The Labute approximate surface area is 127 Å². The number of nitrogens with zero attached hydrogens (tertiary/aromatic N) is 4. The zero-order chi connectivity index (χ0) is 15.2. The van der Waals surface area contributed by atoms with Gasteiger partial charge in [-0.3, -0.25) is 5.32 Å². The Bertz CT molecular complexity index is 606. The number of anilines is 1. The Morgan fingerprint density at radius 1 is 1.33 bits per heavy atom. The van der Waals surface area contributed by atoms with Crippen LogP contribution in [0.15, 0.2) is 6.07 Å². The van der Waals surface area contributed by atoms with Gasteiger partial charge in [-0.05, 0) is 19.8 Å². The maximum Gasteiger partial charge on any atom is 0.320 e. The molecule has 7 nitrogen and oxygen atoms in total. The summed E-state index contributed by atoms with van der Waals surface area (Å²) in [6.45, 7) is 7.16. The molecule has 2 amide bonds. The molecule has 114 valence electrons. The summed E-state index contributed by atoms with van der Waals surface area (Å²) in [6.07, 6.45) is 1.82. The standard InChI is InChI=1S/C13H20N6OS/c1-4-6-19-10(7-9(3)18-19)15-13(20)14-8-12-17-16-11(5-2)21-12/h7H,4-6,8H2,1-3H3,(H2,14,15,20). The van der Waals surface area contributed by atoms with E-state index in [4.69, 9.17) is 0 Å². The van der Waals surface area contributed by atoms with Crippen molar-refractivity contribution in [2.45, 2.75) is 46.7 Å². The van der Waals surface area contributed by atoms with Crippen LogP contribution in [-0.2, 0) is 19.5 Å². The van der Waals surface area contributed by atoms with Crippen LogP contribution in [0.5, 0.6) is 0 Å². The van der Waals surface area contributed by atoms with Crippen LogP contribution >= 0.6 is 11.3 Å². The van der Waals surface area contributed by atoms with Gasteiger partial charge in [0.05, 0.1) is 12.2 Å². The number of aryl methyl sites for hydroxylation is 3. The third-order valence-corrected chi connectivity index (χ3v) is 3.86. The van der Waals surface area contributed by atoms with E-state index < -0.39 is 0 Å². The maximum atomic E-state index is 11.9. The summed E-state index contributed by atoms with van der Waals surface area (Å²) in [6, 6.07) is 1.59. The van der Waals surface area contributed by atoms with Gasteiger partial charge in [-0.2, -0.15) is 5.10 Å². The second kappa shape index (κ2) is 7.16. The molecule has 0 unspecified atom stereocenters. The topological polar surface area (TPSA) is 84.7 Å². The molecule has 8 heteroatoms. The molecule has 0 aromatic carbocycles. The molecular formula is C13H20N6OS. The van der Waals surface area contributed by atoms with E-state index in [1.54, 1.807) is 4.68 Å². The number of hydrogen-bond acceptors (Lipinski definition) is 5. The normalized spacial score (nSPS) is 10.6. The van der Waals surface area contributed by atoms with E-state index in [-0.39, 0.29) is 6.03 Å². The van der Waals surface area contributed by atoms with E-state index in [1.807, 2.05) is 19.9 Å². The van der Waals surface area contributed by atoms with Crippen molar-refractivity contribution >= 4 is 23.2 Å². The minimum atomic E-state index is -0.263. The smallest absolute Gasteiger partial charge is 0.320 e. The number of aromatic nitrogens is 4. The number of carbonyl (C=O) groups is 1. The lowest BCUT2D eigenvalue weighted by atomic mass is 10.4. The molecule has 2 aromatic rings. The molecule has 0 atom stereocenters. The quantitative estimate of drug-likeness (QED) is 0.857. The highest BCUT2D eigenvalue weighted by Gasteiger charge is 2.09. The molecular weight excluding hydrogens is 288 g/mol. The molecule has 0 aliphatic carbocycles. The lowest BCUT2D eigenvalue weighted by Crippen LogP contribution is -2.29.